The molecule has 0 radical (unpaired) electrons. The van der Waals surface area contributed by atoms with Gasteiger partial charge in [0, 0.05) is 22.7 Å². The van der Waals surface area contributed by atoms with Gasteiger partial charge in [-0.25, -0.2) is 0 Å². The molecule has 1 heterocycles. The number of hydrogen-bond donors (Lipinski definition) is 2. The van der Waals surface area contributed by atoms with Crippen molar-refractivity contribution in [3.05, 3.63) is 113 Å². The number of halogens is 1. The highest BCUT2D eigenvalue weighted by atomic mass is 35.5. The highest BCUT2D eigenvalue weighted by Crippen LogP contribution is 2.33. The van der Waals surface area contributed by atoms with Crippen LogP contribution in [0, 0.1) is 6.92 Å². The Kier molecular flexibility index (Phi) is 7.72. The van der Waals surface area contributed by atoms with E-state index >= 15 is 0 Å². The molecule has 182 valence electrons. The molecule has 0 saturated heterocycles. The Balaban J connectivity index is 1.60. The summed E-state index contributed by atoms with van der Waals surface area (Å²) in [6, 6.07) is 22.2. The van der Waals surface area contributed by atoms with E-state index in [1.807, 2.05) is 19.1 Å². The van der Waals surface area contributed by atoms with Gasteiger partial charge in [0.25, 0.3) is 11.8 Å². The fraction of sp³-hybridized carbons (Fsp3) is 0.0714. The summed E-state index contributed by atoms with van der Waals surface area (Å²) in [6.07, 6.45) is 2.91. The molecular weight excluding hydrogens is 480 g/mol. The Morgan fingerprint density at radius 2 is 1.72 bits per heavy atom. The number of amides is 2. The number of aryl methyl sites for hydroxylation is 1. The van der Waals surface area contributed by atoms with E-state index in [1.165, 1.54) is 12.3 Å². The number of anilines is 1. The zero-order valence-electron chi connectivity index (χ0n) is 19.6. The van der Waals surface area contributed by atoms with E-state index in [-0.39, 0.29) is 5.70 Å². The summed E-state index contributed by atoms with van der Waals surface area (Å²) in [7, 11) is 1.56. The Bertz CT molecular complexity index is 1400. The van der Waals surface area contributed by atoms with Gasteiger partial charge in [0.05, 0.1) is 19.1 Å². The highest BCUT2D eigenvalue weighted by Gasteiger charge is 2.18. The third-order valence-corrected chi connectivity index (χ3v) is 5.33. The molecule has 0 bridgehead atoms. The van der Waals surface area contributed by atoms with Gasteiger partial charge >= 0.3 is 0 Å². The van der Waals surface area contributed by atoms with E-state index in [9.17, 15) is 9.59 Å². The number of benzene rings is 3. The van der Waals surface area contributed by atoms with E-state index < -0.39 is 11.8 Å². The molecule has 0 saturated carbocycles. The van der Waals surface area contributed by atoms with Crippen LogP contribution in [-0.2, 0) is 4.79 Å². The van der Waals surface area contributed by atoms with Gasteiger partial charge in [0.15, 0.2) is 5.75 Å². The van der Waals surface area contributed by atoms with Gasteiger partial charge < -0.3 is 24.5 Å². The number of furan rings is 1. The molecule has 0 aliphatic heterocycles. The van der Waals surface area contributed by atoms with Crippen molar-refractivity contribution in [1.29, 1.82) is 0 Å². The van der Waals surface area contributed by atoms with E-state index in [0.717, 1.165) is 5.56 Å². The first-order valence-corrected chi connectivity index (χ1v) is 11.3. The van der Waals surface area contributed by atoms with Crippen LogP contribution < -0.4 is 20.1 Å². The number of carbonyl (C=O) groups excluding carboxylic acids is 2. The van der Waals surface area contributed by atoms with Crippen LogP contribution in [0.1, 0.15) is 21.7 Å². The molecule has 3 aromatic carbocycles. The fourth-order valence-electron chi connectivity index (χ4n) is 3.24. The van der Waals surface area contributed by atoms with Gasteiger partial charge in [-0.1, -0.05) is 35.4 Å². The average Bonchev–Trinajstić information content (AvgIpc) is 3.39. The highest BCUT2D eigenvalue weighted by molar-refractivity contribution is 6.31. The average molecular weight is 503 g/mol. The van der Waals surface area contributed by atoms with Gasteiger partial charge in [-0.05, 0) is 61.5 Å². The van der Waals surface area contributed by atoms with Crippen molar-refractivity contribution in [2.24, 2.45) is 0 Å². The second-order valence-electron chi connectivity index (χ2n) is 7.77. The Morgan fingerprint density at radius 1 is 0.944 bits per heavy atom. The number of hydrogen-bond acceptors (Lipinski definition) is 5. The number of rotatable bonds is 8. The zero-order chi connectivity index (χ0) is 25.5. The van der Waals surface area contributed by atoms with Crippen molar-refractivity contribution in [1.82, 2.24) is 5.32 Å². The van der Waals surface area contributed by atoms with E-state index in [0.29, 0.717) is 39.3 Å². The molecule has 0 unspecified atom stereocenters. The molecule has 8 heteroatoms. The third-order valence-electron chi connectivity index (χ3n) is 5.10. The van der Waals surface area contributed by atoms with Gasteiger partial charge in [-0.2, -0.15) is 0 Å². The summed E-state index contributed by atoms with van der Waals surface area (Å²) >= 11 is 6.20. The van der Waals surface area contributed by atoms with E-state index in [4.69, 9.17) is 25.5 Å². The predicted molar refractivity (Wildman–Crippen MR) is 138 cm³/mol. The molecule has 1 aromatic heterocycles. The molecule has 4 aromatic rings. The lowest BCUT2D eigenvalue weighted by Crippen LogP contribution is -2.30. The molecule has 0 spiro atoms. The standard InChI is InChI=1S/C28H23ClN2O5/c1-18-8-10-19(11-9-18)27(32)31-25(17-22-7-4-14-35-22)28(33)30-24-15-20(29)12-13-26(24)36-23-6-3-5-21(16-23)34-2/h3-17H,1-2H3,(H,30,33)(H,31,32)/b25-17-. The molecule has 4 rings (SSSR count). The predicted octanol–water partition coefficient (Wildman–Crippen LogP) is 6.45. The first-order valence-electron chi connectivity index (χ1n) is 11.0. The smallest absolute Gasteiger partial charge is 0.272 e. The van der Waals surface area contributed by atoms with Crippen molar-refractivity contribution in [2.45, 2.75) is 6.92 Å². The SMILES string of the molecule is COc1cccc(Oc2ccc(Cl)cc2NC(=O)/C(=C/c2ccco2)NC(=O)c2ccc(C)cc2)c1. The van der Waals surface area contributed by atoms with Crippen LogP contribution in [0.4, 0.5) is 5.69 Å². The maximum absolute atomic E-state index is 13.3. The molecule has 0 atom stereocenters. The maximum atomic E-state index is 13.3. The largest absolute Gasteiger partial charge is 0.497 e. The minimum Gasteiger partial charge on any atom is -0.497 e. The Labute approximate surface area is 213 Å². The van der Waals surface area contributed by atoms with Crippen LogP contribution in [0.15, 0.2) is 95.2 Å². The van der Waals surface area contributed by atoms with Gasteiger partial charge in [-0.3, -0.25) is 9.59 Å². The van der Waals surface area contributed by atoms with Crippen molar-refractivity contribution in [2.75, 3.05) is 12.4 Å². The van der Waals surface area contributed by atoms with E-state index in [2.05, 4.69) is 10.6 Å². The van der Waals surface area contributed by atoms with Crippen LogP contribution in [0.5, 0.6) is 17.2 Å². The van der Waals surface area contributed by atoms with E-state index in [1.54, 1.807) is 73.8 Å². The molecule has 7 nitrogen and oxygen atoms in total. The lowest BCUT2D eigenvalue weighted by molar-refractivity contribution is -0.113. The van der Waals surface area contributed by atoms with Crippen molar-refractivity contribution in [3.63, 3.8) is 0 Å². The van der Waals surface area contributed by atoms with Gasteiger partial charge in [0.2, 0.25) is 0 Å². The molecule has 36 heavy (non-hydrogen) atoms. The van der Waals surface area contributed by atoms with Crippen LogP contribution in [0.3, 0.4) is 0 Å². The second-order valence-corrected chi connectivity index (χ2v) is 8.21. The summed E-state index contributed by atoms with van der Waals surface area (Å²) in [6.45, 7) is 1.92. The minimum absolute atomic E-state index is 0.0252. The maximum Gasteiger partial charge on any atom is 0.272 e. The summed E-state index contributed by atoms with van der Waals surface area (Å²) < 4.78 is 16.6. The van der Waals surface area contributed by atoms with Crippen molar-refractivity contribution >= 4 is 35.2 Å². The number of methoxy groups -OCH3 is 1. The second kappa shape index (κ2) is 11.3. The first kappa shape index (κ1) is 24.6. The monoisotopic (exact) mass is 502 g/mol. The topological polar surface area (TPSA) is 89.8 Å². The van der Waals surface area contributed by atoms with Gasteiger partial charge in [-0.15, -0.1) is 0 Å². The molecule has 0 aliphatic rings. The zero-order valence-corrected chi connectivity index (χ0v) is 20.3. The summed E-state index contributed by atoms with van der Waals surface area (Å²) in [5, 5.41) is 5.84. The van der Waals surface area contributed by atoms with Crippen molar-refractivity contribution in [3.8, 4) is 17.2 Å². The Morgan fingerprint density at radius 3 is 2.44 bits per heavy atom. The van der Waals surface area contributed by atoms with Crippen LogP contribution in [-0.4, -0.2) is 18.9 Å². The van der Waals surface area contributed by atoms with Crippen LogP contribution in [0.25, 0.3) is 6.08 Å². The molecule has 2 N–H and O–H groups in total. The van der Waals surface area contributed by atoms with Crippen LogP contribution >= 0.6 is 11.6 Å². The normalized spacial score (nSPS) is 11.0. The Hall–Kier alpha value is -4.49. The summed E-state index contributed by atoms with van der Waals surface area (Å²) in [5.74, 6) is 0.832. The van der Waals surface area contributed by atoms with Crippen LogP contribution in [0.2, 0.25) is 5.02 Å². The first-order chi connectivity index (χ1) is 17.4. The lowest BCUT2D eigenvalue weighted by Gasteiger charge is -2.15. The molecule has 0 fully saturated rings. The summed E-state index contributed by atoms with van der Waals surface area (Å²) in [5.41, 5.74) is 1.71. The van der Waals surface area contributed by atoms with Gasteiger partial charge in [0.1, 0.15) is 23.0 Å². The number of ether oxygens (including phenoxy) is 2. The minimum atomic E-state index is -0.593. The van der Waals surface area contributed by atoms with Crippen molar-refractivity contribution < 1.29 is 23.5 Å². The molecule has 0 aliphatic carbocycles. The molecule has 2 amide bonds. The quantitative estimate of drug-likeness (QED) is 0.270. The number of carbonyl (C=O) groups is 2. The summed E-state index contributed by atoms with van der Waals surface area (Å²) in [4.78, 5) is 26.2. The fourth-order valence-corrected chi connectivity index (χ4v) is 3.42. The third kappa shape index (κ3) is 6.34. The molecular formula is C28H23ClN2O5. The number of nitrogens with one attached hydrogen (secondary N) is 2. The lowest BCUT2D eigenvalue weighted by atomic mass is 10.1.